The summed E-state index contributed by atoms with van der Waals surface area (Å²) < 4.78 is 5.65. The van der Waals surface area contributed by atoms with Crippen molar-refractivity contribution >= 4 is 0 Å². The van der Waals surface area contributed by atoms with Gasteiger partial charge in [-0.1, -0.05) is 25.1 Å². The van der Waals surface area contributed by atoms with Gasteiger partial charge in [-0.05, 0) is 36.2 Å². The van der Waals surface area contributed by atoms with Crippen molar-refractivity contribution < 1.29 is 9.84 Å². The van der Waals surface area contributed by atoms with Crippen LogP contribution in [-0.4, -0.2) is 16.6 Å². The quantitative estimate of drug-likeness (QED) is 0.761. The third-order valence-corrected chi connectivity index (χ3v) is 2.88. The number of benzene rings is 1. The number of hydrogen-bond acceptors (Lipinski definition) is 4. The zero-order valence-electron chi connectivity index (χ0n) is 11.7. The van der Waals surface area contributed by atoms with E-state index in [9.17, 15) is 0 Å². The maximum absolute atomic E-state index is 8.98. The molecule has 0 aliphatic heterocycles. The molecule has 106 valence electrons. The maximum Gasteiger partial charge on any atom is 0.219 e. The van der Waals surface area contributed by atoms with Crippen molar-refractivity contribution in [1.29, 1.82) is 0 Å². The number of aliphatic hydroxyl groups excluding tert-OH is 1. The van der Waals surface area contributed by atoms with Crippen molar-refractivity contribution in [3.8, 4) is 11.6 Å². The molecule has 1 heterocycles. The van der Waals surface area contributed by atoms with Gasteiger partial charge in [0.2, 0.25) is 5.88 Å². The molecule has 0 aliphatic rings. The summed E-state index contributed by atoms with van der Waals surface area (Å²) in [5.74, 6) is 1.28. The van der Waals surface area contributed by atoms with Crippen molar-refractivity contribution in [2.75, 3.05) is 6.54 Å². The van der Waals surface area contributed by atoms with E-state index in [1.54, 1.807) is 0 Å². The fraction of sp³-hybridized carbons (Fsp3) is 0.312. The van der Waals surface area contributed by atoms with Crippen LogP contribution in [-0.2, 0) is 13.2 Å². The Morgan fingerprint density at radius 1 is 1.10 bits per heavy atom. The molecule has 0 spiro atoms. The second-order valence-electron chi connectivity index (χ2n) is 4.59. The van der Waals surface area contributed by atoms with Gasteiger partial charge < -0.3 is 15.2 Å². The Morgan fingerprint density at radius 2 is 1.85 bits per heavy atom. The molecule has 4 heteroatoms. The minimum absolute atomic E-state index is 0.0397. The van der Waals surface area contributed by atoms with Crippen LogP contribution in [0.15, 0.2) is 42.6 Å². The van der Waals surface area contributed by atoms with Gasteiger partial charge in [0.25, 0.3) is 0 Å². The van der Waals surface area contributed by atoms with Crippen LogP contribution in [0, 0.1) is 0 Å². The van der Waals surface area contributed by atoms with Gasteiger partial charge in [0.05, 0.1) is 6.61 Å². The predicted octanol–water partition coefficient (Wildman–Crippen LogP) is 2.87. The van der Waals surface area contributed by atoms with Crippen LogP contribution in [0.2, 0.25) is 0 Å². The molecule has 4 nitrogen and oxygen atoms in total. The molecule has 0 amide bonds. The predicted molar refractivity (Wildman–Crippen MR) is 78.7 cm³/mol. The lowest BCUT2D eigenvalue weighted by Crippen LogP contribution is -2.13. The highest BCUT2D eigenvalue weighted by atomic mass is 16.5. The van der Waals surface area contributed by atoms with E-state index in [1.165, 1.54) is 0 Å². The molecule has 0 radical (unpaired) electrons. The number of nitrogens with zero attached hydrogens (tertiary/aromatic N) is 1. The molecule has 0 saturated carbocycles. The van der Waals surface area contributed by atoms with Crippen LogP contribution in [0.3, 0.4) is 0 Å². The van der Waals surface area contributed by atoms with Gasteiger partial charge in [0.15, 0.2) is 0 Å². The monoisotopic (exact) mass is 272 g/mol. The highest BCUT2D eigenvalue weighted by Crippen LogP contribution is 2.19. The summed E-state index contributed by atoms with van der Waals surface area (Å²) >= 11 is 0. The minimum Gasteiger partial charge on any atom is -0.439 e. The van der Waals surface area contributed by atoms with Gasteiger partial charge in [-0.3, -0.25) is 0 Å². The zero-order valence-corrected chi connectivity index (χ0v) is 11.7. The van der Waals surface area contributed by atoms with E-state index < -0.39 is 0 Å². The van der Waals surface area contributed by atoms with Crippen LogP contribution in [0.5, 0.6) is 11.6 Å². The molecule has 0 bridgehead atoms. The molecular formula is C16H20N2O2. The average molecular weight is 272 g/mol. The molecule has 2 aromatic rings. The lowest BCUT2D eigenvalue weighted by atomic mass is 10.2. The molecule has 0 saturated heterocycles. The first kappa shape index (κ1) is 14.5. The Bertz CT molecular complexity index is 509. The molecular weight excluding hydrogens is 252 g/mol. The van der Waals surface area contributed by atoms with Crippen molar-refractivity contribution in [2.24, 2.45) is 0 Å². The lowest BCUT2D eigenvalue weighted by molar-refractivity contribution is 0.281. The number of nitrogens with one attached hydrogen (secondary N) is 1. The second kappa shape index (κ2) is 7.62. The lowest BCUT2D eigenvalue weighted by Gasteiger charge is -2.07. The van der Waals surface area contributed by atoms with Crippen molar-refractivity contribution in [2.45, 2.75) is 26.5 Å². The van der Waals surface area contributed by atoms with Crippen LogP contribution in [0.1, 0.15) is 24.5 Å². The number of aromatic nitrogens is 1. The number of rotatable bonds is 7. The third-order valence-electron chi connectivity index (χ3n) is 2.88. The molecule has 0 unspecified atom stereocenters. The fourth-order valence-electron chi connectivity index (χ4n) is 1.77. The average Bonchev–Trinajstić information content (AvgIpc) is 2.50. The van der Waals surface area contributed by atoms with E-state index in [2.05, 4.69) is 17.2 Å². The van der Waals surface area contributed by atoms with Crippen molar-refractivity contribution in [3.63, 3.8) is 0 Å². The van der Waals surface area contributed by atoms with Gasteiger partial charge in [0, 0.05) is 18.8 Å². The van der Waals surface area contributed by atoms with E-state index in [-0.39, 0.29) is 6.61 Å². The molecule has 1 aromatic carbocycles. The Hall–Kier alpha value is -1.91. The number of hydrogen-bond donors (Lipinski definition) is 2. The van der Waals surface area contributed by atoms with Crippen LogP contribution < -0.4 is 10.1 Å². The summed E-state index contributed by atoms with van der Waals surface area (Å²) in [4.78, 5) is 4.28. The van der Waals surface area contributed by atoms with E-state index in [4.69, 9.17) is 9.84 Å². The highest BCUT2D eigenvalue weighted by molar-refractivity contribution is 5.30. The fourth-order valence-corrected chi connectivity index (χ4v) is 1.77. The zero-order chi connectivity index (χ0) is 14.2. The largest absolute Gasteiger partial charge is 0.439 e. The van der Waals surface area contributed by atoms with Crippen molar-refractivity contribution in [3.05, 3.63) is 53.7 Å². The smallest absolute Gasteiger partial charge is 0.219 e. The molecule has 1 aromatic heterocycles. The van der Waals surface area contributed by atoms with Crippen LogP contribution in [0.4, 0.5) is 0 Å². The molecule has 20 heavy (non-hydrogen) atoms. The summed E-state index contributed by atoms with van der Waals surface area (Å²) in [6, 6.07) is 11.2. The van der Waals surface area contributed by atoms with Gasteiger partial charge in [-0.15, -0.1) is 0 Å². The minimum atomic E-state index is 0.0397. The molecule has 2 rings (SSSR count). The van der Waals surface area contributed by atoms with Crippen LogP contribution in [0.25, 0.3) is 0 Å². The first-order chi connectivity index (χ1) is 9.81. The molecule has 0 fully saturated rings. The molecule has 0 atom stereocenters. The Morgan fingerprint density at radius 3 is 2.45 bits per heavy atom. The SMILES string of the molecule is CCCNCc1ccc(Oc2ccc(CO)cc2)nc1. The maximum atomic E-state index is 8.98. The summed E-state index contributed by atoms with van der Waals surface area (Å²) in [6.45, 7) is 4.02. The summed E-state index contributed by atoms with van der Waals surface area (Å²) in [7, 11) is 0. The van der Waals surface area contributed by atoms with E-state index in [0.29, 0.717) is 11.6 Å². The summed E-state index contributed by atoms with van der Waals surface area (Å²) in [6.07, 6.45) is 2.94. The van der Waals surface area contributed by atoms with E-state index in [1.807, 2.05) is 42.6 Å². The summed E-state index contributed by atoms with van der Waals surface area (Å²) in [5.41, 5.74) is 2.00. The van der Waals surface area contributed by atoms with Gasteiger partial charge in [-0.25, -0.2) is 4.98 Å². The Kier molecular flexibility index (Phi) is 5.53. The van der Waals surface area contributed by atoms with Crippen LogP contribution >= 0.6 is 0 Å². The molecule has 2 N–H and O–H groups in total. The Balaban J connectivity index is 1.92. The van der Waals surface area contributed by atoms with Gasteiger partial charge >= 0.3 is 0 Å². The number of aliphatic hydroxyl groups is 1. The van der Waals surface area contributed by atoms with E-state index >= 15 is 0 Å². The van der Waals surface area contributed by atoms with E-state index in [0.717, 1.165) is 30.6 Å². The first-order valence-corrected chi connectivity index (χ1v) is 6.85. The normalized spacial score (nSPS) is 10.5. The topological polar surface area (TPSA) is 54.4 Å². The van der Waals surface area contributed by atoms with Gasteiger partial charge in [-0.2, -0.15) is 0 Å². The second-order valence-corrected chi connectivity index (χ2v) is 4.59. The first-order valence-electron chi connectivity index (χ1n) is 6.85. The standard InChI is InChI=1S/C16H20N2O2/c1-2-9-17-10-14-5-8-16(18-11-14)20-15-6-3-13(12-19)4-7-15/h3-8,11,17,19H,2,9-10,12H2,1H3. The van der Waals surface area contributed by atoms with Gasteiger partial charge in [0.1, 0.15) is 5.75 Å². The summed E-state index contributed by atoms with van der Waals surface area (Å²) in [5, 5.41) is 12.3. The number of pyridine rings is 1. The highest BCUT2D eigenvalue weighted by Gasteiger charge is 2.00. The number of ether oxygens (including phenoxy) is 1. The molecule has 0 aliphatic carbocycles. The Labute approximate surface area is 119 Å². The third kappa shape index (κ3) is 4.33. The van der Waals surface area contributed by atoms with Crippen molar-refractivity contribution in [1.82, 2.24) is 10.3 Å².